The molecule has 1 fully saturated rings. The zero-order chi connectivity index (χ0) is 14.7. The van der Waals surface area contributed by atoms with Gasteiger partial charge in [-0.15, -0.1) is 0 Å². The summed E-state index contributed by atoms with van der Waals surface area (Å²) in [5.74, 6) is -0.280. The lowest BCUT2D eigenvalue weighted by Gasteiger charge is -2.36. The second-order valence-electron chi connectivity index (χ2n) is 5.74. The van der Waals surface area contributed by atoms with Gasteiger partial charge in [-0.05, 0) is 45.9 Å². The van der Waals surface area contributed by atoms with Crippen LogP contribution < -0.4 is 5.32 Å². The Hall–Kier alpha value is -1.55. The van der Waals surface area contributed by atoms with E-state index < -0.39 is 0 Å². The molecule has 1 aromatic rings. The van der Waals surface area contributed by atoms with Crippen LogP contribution in [0.5, 0.6) is 0 Å². The molecule has 1 aliphatic heterocycles. The van der Waals surface area contributed by atoms with Gasteiger partial charge in [0.05, 0.1) is 12.7 Å². The largest absolute Gasteiger partial charge is 0.465 e. The first-order chi connectivity index (χ1) is 9.51. The van der Waals surface area contributed by atoms with E-state index in [1.807, 2.05) is 25.1 Å². The van der Waals surface area contributed by atoms with Crippen molar-refractivity contribution in [1.29, 1.82) is 0 Å². The minimum absolute atomic E-state index is 0.280. The van der Waals surface area contributed by atoms with E-state index in [0.717, 1.165) is 30.6 Å². The van der Waals surface area contributed by atoms with Crippen LogP contribution in [0.25, 0.3) is 0 Å². The number of ether oxygens (including phenoxy) is 1. The standard InChI is InChI=1S/C16H24N2O2/c1-11-5-6-15(14(9-11)16(19)20-4)17-13-7-8-18(3)12(2)10-13/h5-6,9,12-13,17H,7-8,10H2,1-4H3. The van der Waals surface area contributed by atoms with Gasteiger partial charge in [0.1, 0.15) is 0 Å². The molecule has 1 aliphatic rings. The summed E-state index contributed by atoms with van der Waals surface area (Å²) in [4.78, 5) is 14.2. The third kappa shape index (κ3) is 3.31. The number of carbonyl (C=O) groups excluding carboxylic acids is 1. The Kier molecular flexibility index (Phi) is 4.65. The molecule has 0 saturated carbocycles. The zero-order valence-electron chi connectivity index (χ0n) is 12.8. The molecule has 1 aromatic carbocycles. The lowest BCUT2D eigenvalue weighted by atomic mass is 9.98. The van der Waals surface area contributed by atoms with Gasteiger partial charge in [-0.25, -0.2) is 4.79 Å². The molecule has 110 valence electrons. The molecular weight excluding hydrogens is 252 g/mol. The number of rotatable bonds is 3. The molecule has 2 rings (SSSR count). The molecule has 20 heavy (non-hydrogen) atoms. The Morgan fingerprint density at radius 1 is 1.45 bits per heavy atom. The predicted octanol–water partition coefficient (Wildman–Crippen LogP) is 2.68. The summed E-state index contributed by atoms with van der Waals surface area (Å²) in [6.07, 6.45) is 2.18. The maximum Gasteiger partial charge on any atom is 0.339 e. The Morgan fingerprint density at radius 3 is 2.85 bits per heavy atom. The van der Waals surface area contributed by atoms with Gasteiger partial charge in [-0.3, -0.25) is 0 Å². The first kappa shape index (κ1) is 14.9. The normalized spacial score (nSPS) is 23.4. The monoisotopic (exact) mass is 276 g/mol. The molecule has 1 heterocycles. The molecule has 2 atom stereocenters. The Bertz CT molecular complexity index is 487. The number of likely N-dealkylation sites (tertiary alicyclic amines) is 1. The number of esters is 1. The fourth-order valence-corrected chi connectivity index (χ4v) is 2.70. The van der Waals surface area contributed by atoms with Crippen molar-refractivity contribution < 1.29 is 9.53 Å². The van der Waals surface area contributed by atoms with Crippen molar-refractivity contribution in [3.05, 3.63) is 29.3 Å². The fourth-order valence-electron chi connectivity index (χ4n) is 2.70. The minimum atomic E-state index is -0.280. The topological polar surface area (TPSA) is 41.6 Å². The second kappa shape index (κ2) is 6.27. The van der Waals surface area contributed by atoms with Crippen molar-refractivity contribution in [3.8, 4) is 0 Å². The van der Waals surface area contributed by atoms with E-state index in [2.05, 4.69) is 24.2 Å². The molecule has 0 aromatic heterocycles. The third-order valence-corrected chi connectivity index (χ3v) is 4.15. The smallest absolute Gasteiger partial charge is 0.339 e. The van der Waals surface area contributed by atoms with Crippen molar-refractivity contribution in [2.45, 2.75) is 38.8 Å². The molecule has 1 saturated heterocycles. The van der Waals surface area contributed by atoms with Crippen molar-refractivity contribution in [3.63, 3.8) is 0 Å². The van der Waals surface area contributed by atoms with Gasteiger partial charge in [0, 0.05) is 24.3 Å². The average Bonchev–Trinajstić information content (AvgIpc) is 2.44. The molecule has 0 amide bonds. The van der Waals surface area contributed by atoms with E-state index in [0.29, 0.717) is 17.6 Å². The molecule has 1 N–H and O–H groups in total. The molecule has 0 bridgehead atoms. The van der Waals surface area contributed by atoms with Crippen LogP contribution in [0.4, 0.5) is 5.69 Å². The molecule has 4 heteroatoms. The second-order valence-corrected chi connectivity index (χ2v) is 5.74. The van der Waals surface area contributed by atoms with Crippen LogP contribution in [0, 0.1) is 6.92 Å². The molecule has 2 unspecified atom stereocenters. The average molecular weight is 276 g/mol. The quantitative estimate of drug-likeness (QED) is 0.862. The number of nitrogens with one attached hydrogen (secondary N) is 1. The fraction of sp³-hybridized carbons (Fsp3) is 0.562. The van der Waals surface area contributed by atoms with Crippen LogP contribution in [0.3, 0.4) is 0 Å². The highest BCUT2D eigenvalue weighted by atomic mass is 16.5. The summed E-state index contributed by atoms with van der Waals surface area (Å²) in [5.41, 5.74) is 2.57. The summed E-state index contributed by atoms with van der Waals surface area (Å²) in [7, 11) is 3.58. The molecule has 0 aliphatic carbocycles. The summed E-state index contributed by atoms with van der Waals surface area (Å²) < 4.78 is 4.87. The van der Waals surface area contributed by atoms with E-state index in [4.69, 9.17) is 4.74 Å². The van der Waals surface area contributed by atoms with Crippen molar-refractivity contribution in [2.24, 2.45) is 0 Å². The minimum Gasteiger partial charge on any atom is -0.465 e. The van der Waals surface area contributed by atoms with E-state index in [9.17, 15) is 4.79 Å². The Morgan fingerprint density at radius 2 is 2.20 bits per heavy atom. The van der Waals surface area contributed by atoms with E-state index in [1.165, 1.54) is 7.11 Å². The summed E-state index contributed by atoms with van der Waals surface area (Å²) in [5, 5.41) is 3.52. The van der Waals surface area contributed by atoms with Crippen molar-refractivity contribution >= 4 is 11.7 Å². The van der Waals surface area contributed by atoms with Gasteiger partial charge in [-0.2, -0.15) is 0 Å². The van der Waals surface area contributed by atoms with E-state index >= 15 is 0 Å². The highest BCUT2D eigenvalue weighted by Crippen LogP contribution is 2.24. The Labute approximate surface area is 121 Å². The number of aryl methyl sites for hydroxylation is 1. The molecule has 4 nitrogen and oxygen atoms in total. The number of benzene rings is 1. The van der Waals surface area contributed by atoms with Crippen LogP contribution in [0.15, 0.2) is 18.2 Å². The lowest BCUT2D eigenvalue weighted by molar-refractivity contribution is 0.0601. The van der Waals surface area contributed by atoms with Crippen LogP contribution >= 0.6 is 0 Å². The van der Waals surface area contributed by atoms with Crippen molar-refractivity contribution in [2.75, 3.05) is 26.0 Å². The lowest BCUT2D eigenvalue weighted by Crippen LogP contribution is -2.42. The number of hydrogen-bond donors (Lipinski definition) is 1. The number of hydrogen-bond acceptors (Lipinski definition) is 4. The maximum atomic E-state index is 11.9. The van der Waals surface area contributed by atoms with Gasteiger partial charge in [0.25, 0.3) is 0 Å². The summed E-state index contributed by atoms with van der Waals surface area (Å²) in [6, 6.07) is 6.85. The van der Waals surface area contributed by atoms with Gasteiger partial charge >= 0.3 is 5.97 Å². The van der Waals surface area contributed by atoms with Gasteiger partial charge in [0.15, 0.2) is 0 Å². The number of nitrogens with zero attached hydrogens (tertiary/aromatic N) is 1. The van der Waals surface area contributed by atoms with Crippen LogP contribution in [-0.2, 0) is 4.74 Å². The predicted molar refractivity (Wildman–Crippen MR) is 81.3 cm³/mol. The third-order valence-electron chi connectivity index (χ3n) is 4.15. The Balaban J connectivity index is 2.15. The maximum absolute atomic E-state index is 11.9. The highest BCUT2D eigenvalue weighted by molar-refractivity contribution is 5.95. The van der Waals surface area contributed by atoms with Gasteiger partial charge in [0.2, 0.25) is 0 Å². The molecular formula is C16H24N2O2. The highest BCUT2D eigenvalue weighted by Gasteiger charge is 2.24. The molecule has 0 radical (unpaired) electrons. The van der Waals surface area contributed by atoms with Gasteiger partial charge in [-0.1, -0.05) is 11.6 Å². The van der Waals surface area contributed by atoms with Crippen LogP contribution in [0.1, 0.15) is 35.7 Å². The zero-order valence-corrected chi connectivity index (χ0v) is 12.8. The van der Waals surface area contributed by atoms with E-state index in [-0.39, 0.29) is 5.97 Å². The van der Waals surface area contributed by atoms with Crippen LogP contribution in [0.2, 0.25) is 0 Å². The van der Waals surface area contributed by atoms with E-state index in [1.54, 1.807) is 0 Å². The number of methoxy groups -OCH3 is 1. The van der Waals surface area contributed by atoms with Crippen LogP contribution in [-0.4, -0.2) is 43.7 Å². The first-order valence-electron chi connectivity index (χ1n) is 7.17. The first-order valence-corrected chi connectivity index (χ1v) is 7.17. The molecule has 0 spiro atoms. The number of piperidine rings is 1. The summed E-state index contributed by atoms with van der Waals surface area (Å²) >= 11 is 0. The SMILES string of the molecule is COC(=O)c1cc(C)ccc1NC1CCN(C)C(C)C1. The van der Waals surface area contributed by atoms with Gasteiger partial charge < -0.3 is 15.0 Å². The number of carbonyl (C=O) groups is 1. The number of anilines is 1. The summed E-state index contributed by atoms with van der Waals surface area (Å²) in [6.45, 7) is 5.30. The van der Waals surface area contributed by atoms with Crippen molar-refractivity contribution in [1.82, 2.24) is 4.90 Å².